The lowest BCUT2D eigenvalue weighted by atomic mass is 9.96. The topological polar surface area (TPSA) is 126 Å². The van der Waals surface area contributed by atoms with Crippen LogP contribution in [0.3, 0.4) is 0 Å². The molecule has 1 saturated carbocycles. The average molecular weight is 768 g/mol. The van der Waals surface area contributed by atoms with Crippen LogP contribution in [0.15, 0.2) is 48.5 Å². The summed E-state index contributed by atoms with van der Waals surface area (Å²) in [5, 5.41) is 6.74. The van der Waals surface area contributed by atoms with Gasteiger partial charge in [0.05, 0.1) is 23.0 Å². The fraction of sp³-hybridized carbons (Fsp3) is 0.667. The second-order valence-electron chi connectivity index (χ2n) is 16.5. The summed E-state index contributed by atoms with van der Waals surface area (Å²) < 4.78 is 46.3. The van der Waals surface area contributed by atoms with E-state index in [0.717, 1.165) is 88.4 Å². The standard InChI is InChI=1S/C23H34N4O3S.C16H23N3O2S/c28-23(24-20-4-2-1-3-5-20)27-16-18-14-26(15-19(18)17-27)22-8-6-21(7-9-22)25-10-12-31(29,30)13-11-25;20-22(21)7-5-18(6-8-22)15-1-3-16(4-2-15)19-11-13-9-17-10-14(13)12-19/h6-9,18-20H,1-5,10-17H2,(H,24,28);1-4,13-14,17H,5-12H2/t18-,19+;13-,14+. The number of urea groups is 1. The van der Waals surface area contributed by atoms with Crippen molar-refractivity contribution >= 4 is 48.5 Å². The number of likely N-dealkylation sites (tertiary alicyclic amines) is 1. The molecule has 0 unspecified atom stereocenters. The van der Waals surface area contributed by atoms with Crippen LogP contribution in [0.25, 0.3) is 0 Å². The molecule has 0 aromatic heterocycles. The number of fused-ring (bicyclic) bond motifs is 2. The van der Waals surface area contributed by atoms with Crippen molar-refractivity contribution in [3.63, 3.8) is 0 Å². The summed E-state index contributed by atoms with van der Waals surface area (Å²) in [7, 11) is -5.66. The van der Waals surface area contributed by atoms with Crippen LogP contribution in [0.1, 0.15) is 32.1 Å². The van der Waals surface area contributed by atoms with Crippen molar-refractivity contribution in [3.8, 4) is 0 Å². The number of hydrogen-bond donors (Lipinski definition) is 2. The van der Waals surface area contributed by atoms with E-state index in [1.54, 1.807) is 0 Å². The molecular formula is C39H57N7O5S2. The summed E-state index contributed by atoms with van der Waals surface area (Å²) in [4.78, 5) is 24.0. The zero-order chi connectivity index (χ0) is 36.6. The van der Waals surface area contributed by atoms with Gasteiger partial charge in [0, 0.05) is 119 Å². The third-order valence-corrected chi connectivity index (χ3v) is 16.2. The van der Waals surface area contributed by atoms with E-state index < -0.39 is 19.7 Å². The molecule has 1 aliphatic carbocycles. The van der Waals surface area contributed by atoms with Crippen molar-refractivity contribution < 1.29 is 21.6 Å². The third kappa shape index (κ3) is 8.69. The highest BCUT2D eigenvalue weighted by Gasteiger charge is 2.42. The number of nitrogens with zero attached hydrogens (tertiary/aromatic N) is 5. The lowest BCUT2D eigenvalue weighted by Crippen LogP contribution is -2.45. The Balaban J connectivity index is 0.000000160. The fourth-order valence-electron chi connectivity index (χ4n) is 9.64. The van der Waals surface area contributed by atoms with Gasteiger partial charge >= 0.3 is 6.03 Å². The van der Waals surface area contributed by atoms with Gasteiger partial charge in [0.2, 0.25) is 0 Å². The Labute approximate surface area is 316 Å². The van der Waals surface area contributed by atoms with Crippen molar-refractivity contribution in [3.05, 3.63) is 48.5 Å². The molecule has 6 saturated heterocycles. The van der Waals surface area contributed by atoms with E-state index in [2.05, 4.69) is 78.8 Å². The molecule has 0 radical (unpaired) electrons. The molecule has 9 rings (SSSR count). The molecule has 7 aliphatic rings. The van der Waals surface area contributed by atoms with Crippen LogP contribution >= 0.6 is 0 Å². The summed E-state index contributed by atoms with van der Waals surface area (Å²) in [6.07, 6.45) is 6.03. The van der Waals surface area contributed by atoms with Gasteiger partial charge in [0.25, 0.3) is 0 Å². The van der Waals surface area contributed by atoms with Gasteiger partial charge in [-0.05, 0) is 73.2 Å². The molecule has 7 fully saturated rings. The van der Waals surface area contributed by atoms with Crippen LogP contribution in [-0.4, -0.2) is 135 Å². The highest BCUT2D eigenvalue weighted by atomic mass is 32.2. The van der Waals surface area contributed by atoms with E-state index in [9.17, 15) is 21.6 Å². The molecule has 2 amide bonds. The molecule has 2 aromatic rings. The molecule has 0 spiro atoms. The zero-order valence-corrected chi connectivity index (χ0v) is 32.6. The number of carbonyl (C=O) groups excluding carboxylic acids is 1. The molecular weight excluding hydrogens is 711 g/mol. The minimum absolute atomic E-state index is 0.140. The van der Waals surface area contributed by atoms with Gasteiger partial charge in [-0.3, -0.25) is 0 Å². The van der Waals surface area contributed by atoms with Gasteiger partial charge in [0.15, 0.2) is 19.7 Å². The Kier molecular flexibility index (Phi) is 10.7. The number of carbonyl (C=O) groups is 1. The summed E-state index contributed by atoms with van der Waals surface area (Å²) in [5.41, 5.74) is 4.76. The van der Waals surface area contributed by atoms with Crippen molar-refractivity contribution in [1.82, 2.24) is 15.5 Å². The van der Waals surface area contributed by atoms with Crippen molar-refractivity contribution in [2.45, 2.75) is 38.1 Å². The maximum absolute atomic E-state index is 12.7. The van der Waals surface area contributed by atoms with E-state index in [4.69, 9.17) is 0 Å². The number of nitrogens with one attached hydrogen (secondary N) is 2. The Morgan fingerprint density at radius 3 is 1.32 bits per heavy atom. The largest absolute Gasteiger partial charge is 0.371 e. The zero-order valence-electron chi connectivity index (χ0n) is 30.9. The van der Waals surface area contributed by atoms with E-state index in [0.29, 0.717) is 44.1 Å². The maximum Gasteiger partial charge on any atom is 0.317 e. The quantitative estimate of drug-likeness (QED) is 0.470. The molecule has 2 N–H and O–H groups in total. The van der Waals surface area contributed by atoms with Gasteiger partial charge in [-0.15, -0.1) is 0 Å². The minimum Gasteiger partial charge on any atom is -0.371 e. The molecule has 14 heteroatoms. The van der Waals surface area contributed by atoms with E-state index in [1.165, 1.54) is 30.6 Å². The molecule has 2 aromatic carbocycles. The van der Waals surface area contributed by atoms with E-state index >= 15 is 0 Å². The summed E-state index contributed by atoms with van der Waals surface area (Å²) in [6, 6.07) is 17.7. The normalized spacial score (nSPS) is 29.4. The number of sulfone groups is 2. The van der Waals surface area contributed by atoms with Crippen molar-refractivity contribution in [2.75, 3.05) is 121 Å². The SMILES string of the molecule is O=C(NC1CCCCC1)N1C[C@@H]2CN(c3ccc(N4CCS(=O)(=O)CC4)cc3)C[C@@H]2C1.O=S1(=O)CCN(c2ccc(N3C[C@H]4CNC[C@H]4C3)cc2)CC1. The lowest BCUT2D eigenvalue weighted by molar-refractivity contribution is 0.197. The second kappa shape index (κ2) is 15.5. The van der Waals surface area contributed by atoms with Gasteiger partial charge in [-0.1, -0.05) is 19.3 Å². The molecule has 4 atom stereocenters. The number of hydrogen-bond acceptors (Lipinski definition) is 10. The minimum atomic E-state index is -2.86. The number of benzene rings is 2. The Morgan fingerprint density at radius 2 is 0.906 bits per heavy atom. The fourth-order valence-corrected chi connectivity index (χ4v) is 12.0. The number of rotatable bonds is 5. The number of anilines is 4. The predicted molar refractivity (Wildman–Crippen MR) is 213 cm³/mol. The van der Waals surface area contributed by atoms with Crippen LogP contribution in [0.4, 0.5) is 27.5 Å². The highest BCUT2D eigenvalue weighted by Crippen LogP contribution is 2.35. The van der Waals surface area contributed by atoms with E-state index in [1.807, 2.05) is 4.90 Å². The number of amides is 2. The van der Waals surface area contributed by atoms with Crippen LogP contribution in [-0.2, 0) is 19.7 Å². The maximum atomic E-state index is 12.7. The molecule has 290 valence electrons. The first kappa shape index (κ1) is 36.7. The van der Waals surface area contributed by atoms with Gasteiger partial charge in [0.1, 0.15) is 0 Å². The average Bonchev–Trinajstić information content (AvgIpc) is 3.95. The predicted octanol–water partition coefficient (Wildman–Crippen LogP) is 2.91. The van der Waals surface area contributed by atoms with Crippen molar-refractivity contribution in [2.24, 2.45) is 23.7 Å². The Hall–Kier alpha value is -3.23. The van der Waals surface area contributed by atoms with E-state index in [-0.39, 0.29) is 29.0 Å². The highest BCUT2D eigenvalue weighted by molar-refractivity contribution is 7.91. The Bertz CT molecular complexity index is 1750. The molecule has 12 nitrogen and oxygen atoms in total. The Morgan fingerprint density at radius 1 is 0.528 bits per heavy atom. The smallest absolute Gasteiger partial charge is 0.317 e. The lowest BCUT2D eigenvalue weighted by Gasteiger charge is -2.29. The summed E-state index contributed by atoms with van der Waals surface area (Å²) in [5.74, 6) is 3.73. The van der Waals surface area contributed by atoms with Gasteiger partial charge in [-0.2, -0.15) is 0 Å². The first-order valence-electron chi connectivity index (χ1n) is 19.9. The molecule has 6 aliphatic heterocycles. The van der Waals surface area contributed by atoms with Crippen LogP contribution in [0.5, 0.6) is 0 Å². The van der Waals surface area contributed by atoms with Crippen LogP contribution in [0, 0.1) is 23.7 Å². The van der Waals surface area contributed by atoms with Crippen LogP contribution in [0.2, 0.25) is 0 Å². The third-order valence-electron chi connectivity index (χ3n) is 12.9. The summed E-state index contributed by atoms with van der Waals surface area (Å²) >= 11 is 0. The first-order chi connectivity index (χ1) is 25.6. The second-order valence-corrected chi connectivity index (χ2v) is 21.1. The summed E-state index contributed by atoms with van der Waals surface area (Å²) in [6.45, 7) is 10.7. The van der Waals surface area contributed by atoms with Gasteiger partial charge in [-0.25, -0.2) is 21.6 Å². The molecule has 0 bridgehead atoms. The first-order valence-corrected chi connectivity index (χ1v) is 23.6. The monoisotopic (exact) mass is 767 g/mol. The van der Waals surface area contributed by atoms with Gasteiger partial charge < -0.3 is 35.1 Å². The molecule has 53 heavy (non-hydrogen) atoms. The van der Waals surface area contributed by atoms with Crippen LogP contribution < -0.4 is 30.2 Å². The molecule has 6 heterocycles. The van der Waals surface area contributed by atoms with Crippen molar-refractivity contribution in [1.29, 1.82) is 0 Å².